The number of halogens is 2. The van der Waals surface area contributed by atoms with Gasteiger partial charge in [-0.15, -0.1) is 6.58 Å². The van der Waals surface area contributed by atoms with Crippen LogP contribution >= 0.6 is 11.8 Å². The van der Waals surface area contributed by atoms with Gasteiger partial charge >= 0.3 is 0 Å². The Morgan fingerprint density at radius 3 is 2.89 bits per heavy atom. The minimum absolute atomic E-state index is 0.0617. The van der Waals surface area contributed by atoms with Crippen molar-refractivity contribution in [1.82, 2.24) is 5.01 Å². The Hall–Kier alpha value is -2.47. The molecule has 1 aliphatic heterocycles. The van der Waals surface area contributed by atoms with Gasteiger partial charge in [0, 0.05) is 18.4 Å². The molecule has 0 N–H and O–H groups in total. The molecule has 0 unspecified atom stereocenters. The topological polar surface area (TPSA) is 32.7 Å². The summed E-state index contributed by atoms with van der Waals surface area (Å²) in [5, 5.41) is 6.27. The average Bonchev–Trinajstić information content (AvgIpc) is 3.08. The average molecular weight is 398 g/mol. The molecule has 144 valence electrons. The first-order valence-corrected chi connectivity index (χ1v) is 10.0. The molecule has 0 radical (unpaired) electrons. The lowest BCUT2D eigenvalue weighted by Crippen LogP contribution is -2.48. The first-order chi connectivity index (χ1) is 13.5. The van der Waals surface area contributed by atoms with Crippen LogP contribution in [0.15, 0.2) is 60.2 Å². The van der Waals surface area contributed by atoms with Crippen LogP contribution in [0.4, 0.5) is 8.78 Å². The lowest BCUT2D eigenvalue weighted by molar-refractivity contribution is -0.134. The molecule has 6 heteroatoms. The van der Waals surface area contributed by atoms with E-state index in [0.717, 1.165) is 42.2 Å². The van der Waals surface area contributed by atoms with Gasteiger partial charge in [-0.25, -0.2) is 13.8 Å². The number of amides is 1. The van der Waals surface area contributed by atoms with Gasteiger partial charge in [0.15, 0.2) is 0 Å². The molecule has 1 amide bonds. The van der Waals surface area contributed by atoms with Gasteiger partial charge in [0.2, 0.25) is 5.91 Å². The molecule has 1 spiro atoms. The molecule has 2 atom stereocenters. The van der Waals surface area contributed by atoms with E-state index in [0.29, 0.717) is 11.5 Å². The van der Waals surface area contributed by atoms with Crippen molar-refractivity contribution in [1.29, 1.82) is 0 Å². The maximum absolute atomic E-state index is 14.5. The van der Waals surface area contributed by atoms with E-state index in [1.165, 1.54) is 23.7 Å². The van der Waals surface area contributed by atoms with Gasteiger partial charge in [0.05, 0.1) is 0 Å². The van der Waals surface area contributed by atoms with Crippen LogP contribution < -0.4 is 0 Å². The molecule has 1 aliphatic carbocycles. The van der Waals surface area contributed by atoms with E-state index in [4.69, 9.17) is 0 Å². The second kappa shape index (κ2) is 7.17. The van der Waals surface area contributed by atoms with Crippen LogP contribution in [0, 0.1) is 17.6 Å². The standard InChI is InChI=1S/C22H20F2N2OS/c1-3-6-16-10-9-15-7-4-5-8-19(15)22(16)26(14(2)27)25-21(28-22)18-13-17(23)11-12-20(18)24/h3-5,7-8,11-13,16H,1,6,9-10H2,2H3/t16-,22-/m1/s1. The number of carbonyl (C=O) groups excluding carboxylic acids is 1. The third kappa shape index (κ3) is 2.87. The molecule has 2 aromatic rings. The zero-order valence-electron chi connectivity index (χ0n) is 15.5. The molecule has 0 aromatic heterocycles. The molecular weight excluding hydrogens is 378 g/mol. The highest BCUT2D eigenvalue weighted by Crippen LogP contribution is 2.57. The Kier molecular flexibility index (Phi) is 4.83. The van der Waals surface area contributed by atoms with Gasteiger partial charge < -0.3 is 0 Å². The maximum atomic E-state index is 14.5. The summed E-state index contributed by atoms with van der Waals surface area (Å²) in [6, 6.07) is 11.3. The highest BCUT2D eigenvalue weighted by Gasteiger charge is 2.55. The van der Waals surface area contributed by atoms with Gasteiger partial charge in [-0.2, -0.15) is 5.10 Å². The summed E-state index contributed by atoms with van der Waals surface area (Å²) in [4.78, 5) is 11.8. The number of carbonyl (C=O) groups is 1. The number of hydrogen-bond acceptors (Lipinski definition) is 3. The Bertz CT molecular complexity index is 990. The Balaban J connectivity index is 1.90. The molecule has 4 rings (SSSR count). The van der Waals surface area contributed by atoms with Gasteiger partial charge in [0.25, 0.3) is 0 Å². The van der Waals surface area contributed by atoms with E-state index < -0.39 is 16.5 Å². The second-order valence-electron chi connectivity index (χ2n) is 7.08. The van der Waals surface area contributed by atoms with Gasteiger partial charge in [-0.1, -0.05) is 42.1 Å². The summed E-state index contributed by atoms with van der Waals surface area (Å²) >= 11 is 1.34. The maximum Gasteiger partial charge on any atom is 0.241 e. The van der Waals surface area contributed by atoms with Gasteiger partial charge in [0.1, 0.15) is 21.5 Å². The van der Waals surface area contributed by atoms with E-state index in [2.05, 4.69) is 17.7 Å². The van der Waals surface area contributed by atoms with E-state index in [1.807, 2.05) is 24.3 Å². The summed E-state index contributed by atoms with van der Waals surface area (Å²) in [5.41, 5.74) is 2.23. The number of aryl methyl sites for hydroxylation is 1. The lowest BCUT2D eigenvalue weighted by Gasteiger charge is -2.45. The van der Waals surface area contributed by atoms with Crippen LogP contribution in [0.5, 0.6) is 0 Å². The molecule has 28 heavy (non-hydrogen) atoms. The number of nitrogens with zero attached hydrogens (tertiary/aromatic N) is 2. The van der Waals surface area contributed by atoms with Crippen LogP contribution in [0.2, 0.25) is 0 Å². The van der Waals surface area contributed by atoms with Crippen molar-refractivity contribution in [2.75, 3.05) is 0 Å². The number of hydrazone groups is 1. The Morgan fingerprint density at radius 1 is 1.36 bits per heavy atom. The minimum atomic E-state index is -0.789. The summed E-state index contributed by atoms with van der Waals surface area (Å²) in [6.07, 6.45) is 4.29. The molecule has 0 fully saturated rings. The summed E-state index contributed by atoms with van der Waals surface area (Å²) in [6.45, 7) is 5.34. The number of benzene rings is 2. The van der Waals surface area contributed by atoms with Crippen molar-refractivity contribution in [3.8, 4) is 0 Å². The second-order valence-corrected chi connectivity index (χ2v) is 8.29. The van der Waals surface area contributed by atoms with Gasteiger partial charge in [-0.3, -0.25) is 4.79 Å². The molecule has 3 nitrogen and oxygen atoms in total. The fraction of sp³-hybridized carbons (Fsp3) is 0.273. The van der Waals surface area contributed by atoms with Crippen molar-refractivity contribution in [2.45, 2.75) is 31.1 Å². The third-order valence-corrected chi connectivity index (χ3v) is 6.92. The van der Waals surface area contributed by atoms with E-state index in [9.17, 15) is 13.6 Å². The molecule has 1 heterocycles. The number of rotatable bonds is 3. The van der Waals surface area contributed by atoms with Gasteiger partial charge in [-0.05, 0) is 48.6 Å². The zero-order chi connectivity index (χ0) is 19.9. The molecule has 0 bridgehead atoms. The number of hydrogen-bond donors (Lipinski definition) is 0. The Labute approximate surface area is 167 Å². The molecule has 0 saturated carbocycles. The van der Waals surface area contributed by atoms with Crippen LogP contribution in [0.3, 0.4) is 0 Å². The third-order valence-electron chi connectivity index (χ3n) is 5.38. The monoisotopic (exact) mass is 398 g/mol. The zero-order valence-corrected chi connectivity index (χ0v) is 16.3. The number of thioether (sulfide) groups is 1. The SMILES string of the molecule is C=CC[C@@H]1CCc2ccccc2[C@]12SC(c1cc(F)ccc1F)=NN2C(C)=O. The minimum Gasteiger partial charge on any atom is -0.273 e. The molecular formula is C22H20F2N2OS. The fourth-order valence-corrected chi connectivity index (χ4v) is 5.82. The summed E-state index contributed by atoms with van der Waals surface area (Å²) in [5.74, 6) is -1.27. The van der Waals surface area contributed by atoms with E-state index in [1.54, 1.807) is 0 Å². The van der Waals surface area contributed by atoms with Crippen LogP contribution in [-0.4, -0.2) is 16.0 Å². The number of fused-ring (bicyclic) bond motifs is 2. The normalized spacial score (nSPS) is 23.5. The van der Waals surface area contributed by atoms with Crippen molar-refractivity contribution >= 4 is 22.7 Å². The first kappa shape index (κ1) is 18.9. The quantitative estimate of drug-likeness (QED) is 0.665. The fourth-order valence-electron chi connectivity index (χ4n) is 4.19. The smallest absolute Gasteiger partial charge is 0.241 e. The van der Waals surface area contributed by atoms with Crippen LogP contribution in [0.25, 0.3) is 0 Å². The summed E-state index contributed by atoms with van der Waals surface area (Å²) < 4.78 is 28.3. The van der Waals surface area contributed by atoms with Crippen LogP contribution in [0.1, 0.15) is 36.5 Å². The molecule has 2 aromatic carbocycles. The van der Waals surface area contributed by atoms with Crippen molar-refractivity contribution in [3.63, 3.8) is 0 Å². The highest BCUT2D eigenvalue weighted by atomic mass is 32.2. The van der Waals surface area contributed by atoms with Crippen molar-refractivity contribution in [3.05, 3.63) is 83.4 Å². The summed E-state index contributed by atoms with van der Waals surface area (Å²) in [7, 11) is 0. The predicted molar refractivity (Wildman–Crippen MR) is 108 cm³/mol. The van der Waals surface area contributed by atoms with Crippen molar-refractivity contribution in [2.24, 2.45) is 11.0 Å². The van der Waals surface area contributed by atoms with E-state index >= 15 is 0 Å². The van der Waals surface area contributed by atoms with Crippen LogP contribution in [-0.2, 0) is 16.1 Å². The molecule has 0 saturated heterocycles. The lowest BCUT2D eigenvalue weighted by atomic mass is 9.77. The largest absolute Gasteiger partial charge is 0.273 e. The van der Waals surface area contributed by atoms with E-state index in [-0.39, 0.29) is 17.4 Å². The number of allylic oxidation sites excluding steroid dienone is 1. The Morgan fingerprint density at radius 2 is 2.14 bits per heavy atom. The first-order valence-electron chi connectivity index (χ1n) is 9.20. The predicted octanol–water partition coefficient (Wildman–Crippen LogP) is 5.21. The highest BCUT2D eigenvalue weighted by molar-refractivity contribution is 8.15. The van der Waals surface area contributed by atoms with Crippen molar-refractivity contribution < 1.29 is 13.6 Å². The molecule has 2 aliphatic rings.